The molecule has 2 bridgehead atoms. The second-order valence-corrected chi connectivity index (χ2v) is 6.68. The smallest absolute Gasteiger partial charge is 0.0208 e. The molecule has 0 spiro atoms. The van der Waals surface area contributed by atoms with Crippen LogP contribution in [-0.2, 0) is 6.54 Å². The third-order valence-electron chi connectivity index (χ3n) is 5.33. The van der Waals surface area contributed by atoms with Crippen molar-refractivity contribution in [3.8, 4) is 0 Å². The summed E-state index contributed by atoms with van der Waals surface area (Å²) in [6.45, 7) is 1.07. The van der Waals surface area contributed by atoms with Gasteiger partial charge in [0.05, 0.1) is 0 Å². The van der Waals surface area contributed by atoms with Crippen LogP contribution in [-0.4, -0.2) is 6.04 Å². The van der Waals surface area contributed by atoms with Crippen LogP contribution in [0.3, 0.4) is 0 Å². The molecule has 3 fully saturated rings. The molecule has 1 heteroatoms. The highest BCUT2D eigenvalue weighted by Gasteiger charge is 2.38. The highest BCUT2D eigenvalue weighted by Crippen LogP contribution is 2.44. The zero-order chi connectivity index (χ0) is 11.9. The lowest BCUT2D eigenvalue weighted by Crippen LogP contribution is -2.33. The van der Waals surface area contributed by atoms with Crippen molar-refractivity contribution in [1.82, 2.24) is 5.32 Å². The predicted molar refractivity (Wildman–Crippen MR) is 74.5 cm³/mol. The third-order valence-corrected chi connectivity index (χ3v) is 5.33. The molecule has 4 rings (SSSR count). The Morgan fingerprint density at radius 1 is 0.944 bits per heavy atom. The molecule has 3 unspecified atom stereocenters. The Labute approximate surface area is 110 Å². The van der Waals surface area contributed by atoms with Gasteiger partial charge in [-0.05, 0) is 61.0 Å². The fourth-order valence-electron chi connectivity index (χ4n) is 4.07. The molecule has 3 atom stereocenters. The summed E-state index contributed by atoms with van der Waals surface area (Å²) >= 11 is 0. The Balaban J connectivity index is 1.34. The molecule has 1 aromatic rings. The van der Waals surface area contributed by atoms with Gasteiger partial charge in [0.1, 0.15) is 0 Å². The lowest BCUT2D eigenvalue weighted by atomic mass is 9.95. The Kier molecular flexibility index (Phi) is 2.69. The number of benzene rings is 1. The highest BCUT2D eigenvalue weighted by molar-refractivity contribution is 5.28. The van der Waals surface area contributed by atoms with E-state index < -0.39 is 0 Å². The van der Waals surface area contributed by atoms with Crippen LogP contribution < -0.4 is 5.32 Å². The molecule has 0 heterocycles. The Morgan fingerprint density at radius 2 is 1.78 bits per heavy atom. The summed E-state index contributed by atoms with van der Waals surface area (Å²) in [6, 6.07) is 10.2. The van der Waals surface area contributed by atoms with Crippen molar-refractivity contribution in [3.05, 3.63) is 35.4 Å². The lowest BCUT2D eigenvalue weighted by molar-refractivity contribution is 0.351. The topological polar surface area (TPSA) is 12.0 Å². The second kappa shape index (κ2) is 4.38. The van der Waals surface area contributed by atoms with Crippen LogP contribution in [0.1, 0.15) is 55.6 Å². The van der Waals surface area contributed by atoms with E-state index in [1.54, 1.807) is 5.56 Å². The van der Waals surface area contributed by atoms with Crippen molar-refractivity contribution in [1.29, 1.82) is 0 Å². The summed E-state index contributed by atoms with van der Waals surface area (Å²) in [5, 5.41) is 3.79. The van der Waals surface area contributed by atoms with Crippen LogP contribution in [0, 0.1) is 11.8 Å². The van der Waals surface area contributed by atoms with Crippen LogP contribution in [0.2, 0.25) is 0 Å². The Morgan fingerprint density at radius 3 is 2.39 bits per heavy atom. The second-order valence-electron chi connectivity index (χ2n) is 6.68. The van der Waals surface area contributed by atoms with E-state index >= 15 is 0 Å². The minimum Gasteiger partial charge on any atom is -0.310 e. The molecule has 0 aromatic heterocycles. The van der Waals surface area contributed by atoms with E-state index in [2.05, 4.69) is 29.6 Å². The van der Waals surface area contributed by atoms with Crippen molar-refractivity contribution in [2.24, 2.45) is 11.8 Å². The molecular weight excluding hydrogens is 218 g/mol. The van der Waals surface area contributed by atoms with Crippen LogP contribution in [0.25, 0.3) is 0 Å². The van der Waals surface area contributed by atoms with E-state index in [1.165, 1.54) is 44.1 Å². The van der Waals surface area contributed by atoms with Crippen LogP contribution in [0.4, 0.5) is 0 Å². The van der Waals surface area contributed by atoms with Crippen molar-refractivity contribution >= 4 is 0 Å². The largest absolute Gasteiger partial charge is 0.310 e. The highest BCUT2D eigenvalue weighted by atomic mass is 14.9. The van der Waals surface area contributed by atoms with Gasteiger partial charge in [-0.25, -0.2) is 0 Å². The first-order valence-electron chi connectivity index (χ1n) is 7.71. The van der Waals surface area contributed by atoms with E-state index in [1.807, 2.05) is 0 Å². The van der Waals surface area contributed by atoms with Gasteiger partial charge in [0, 0.05) is 12.6 Å². The maximum absolute atomic E-state index is 3.79. The summed E-state index contributed by atoms with van der Waals surface area (Å²) in [5.41, 5.74) is 3.01. The Hall–Kier alpha value is -0.820. The van der Waals surface area contributed by atoms with Gasteiger partial charge in [-0.2, -0.15) is 0 Å². The molecule has 0 saturated heterocycles. The van der Waals surface area contributed by atoms with Gasteiger partial charge in [0.15, 0.2) is 0 Å². The molecule has 1 aromatic carbocycles. The standard InChI is InChI=1S/C17H23N/c1-4-14(15-7-8-15)5-2-12(1)11-18-17-10-13-3-6-16(17)9-13/h1-2,4-5,13,15-18H,3,6-11H2. The lowest BCUT2D eigenvalue weighted by Gasteiger charge is -2.23. The third kappa shape index (κ3) is 2.09. The summed E-state index contributed by atoms with van der Waals surface area (Å²) < 4.78 is 0. The summed E-state index contributed by atoms with van der Waals surface area (Å²) in [4.78, 5) is 0. The van der Waals surface area contributed by atoms with Gasteiger partial charge in [-0.3, -0.25) is 0 Å². The van der Waals surface area contributed by atoms with Crippen LogP contribution in [0.15, 0.2) is 24.3 Å². The van der Waals surface area contributed by atoms with Gasteiger partial charge in [0.25, 0.3) is 0 Å². The fraction of sp³-hybridized carbons (Fsp3) is 0.647. The zero-order valence-corrected chi connectivity index (χ0v) is 11.1. The van der Waals surface area contributed by atoms with Gasteiger partial charge < -0.3 is 5.32 Å². The van der Waals surface area contributed by atoms with E-state index in [4.69, 9.17) is 0 Å². The van der Waals surface area contributed by atoms with Gasteiger partial charge >= 0.3 is 0 Å². The first-order chi connectivity index (χ1) is 8.88. The quantitative estimate of drug-likeness (QED) is 0.844. The summed E-state index contributed by atoms with van der Waals surface area (Å²) in [6.07, 6.45) is 8.72. The van der Waals surface area contributed by atoms with Gasteiger partial charge in [-0.1, -0.05) is 30.7 Å². The molecule has 1 N–H and O–H groups in total. The number of rotatable bonds is 4. The van der Waals surface area contributed by atoms with Crippen molar-refractivity contribution in [2.75, 3.05) is 0 Å². The van der Waals surface area contributed by atoms with Crippen molar-refractivity contribution < 1.29 is 0 Å². The first kappa shape index (κ1) is 11.0. The normalized spacial score (nSPS) is 34.1. The van der Waals surface area contributed by atoms with E-state index in [0.29, 0.717) is 0 Å². The van der Waals surface area contributed by atoms with E-state index in [0.717, 1.165) is 30.3 Å². The summed E-state index contributed by atoms with van der Waals surface area (Å²) in [7, 11) is 0. The minimum absolute atomic E-state index is 0.812. The molecule has 3 aliphatic rings. The van der Waals surface area contributed by atoms with Gasteiger partial charge in [-0.15, -0.1) is 0 Å². The number of fused-ring (bicyclic) bond motifs is 2. The number of hydrogen-bond donors (Lipinski definition) is 1. The molecule has 18 heavy (non-hydrogen) atoms. The predicted octanol–water partition coefficient (Wildman–Crippen LogP) is 3.84. The number of nitrogens with one attached hydrogen (secondary N) is 1. The molecule has 0 radical (unpaired) electrons. The Bertz CT molecular complexity index is 418. The van der Waals surface area contributed by atoms with Crippen LogP contribution >= 0.6 is 0 Å². The summed E-state index contributed by atoms with van der Waals surface area (Å²) in [5.74, 6) is 2.92. The number of hydrogen-bond acceptors (Lipinski definition) is 1. The van der Waals surface area contributed by atoms with Crippen molar-refractivity contribution in [2.45, 2.75) is 57.0 Å². The van der Waals surface area contributed by atoms with E-state index in [9.17, 15) is 0 Å². The van der Waals surface area contributed by atoms with Crippen LogP contribution in [0.5, 0.6) is 0 Å². The SMILES string of the molecule is c1cc(C2CC2)ccc1CNC1CC2CCC1C2. The maximum atomic E-state index is 3.79. The molecule has 3 saturated carbocycles. The monoisotopic (exact) mass is 241 g/mol. The zero-order valence-electron chi connectivity index (χ0n) is 11.1. The first-order valence-corrected chi connectivity index (χ1v) is 7.71. The molecule has 96 valence electrons. The maximum Gasteiger partial charge on any atom is 0.0208 e. The average molecular weight is 241 g/mol. The van der Waals surface area contributed by atoms with E-state index in [-0.39, 0.29) is 0 Å². The molecule has 1 nitrogen and oxygen atoms in total. The average Bonchev–Trinajstić information content (AvgIpc) is 3.06. The fourth-order valence-corrected chi connectivity index (χ4v) is 4.07. The minimum atomic E-state index is 0.812. The molecule has 3 aliphatic carbocycles. The molecular formula is C17H23N. The molecule has 0 amide bonds. The van der Waals surface area contributed by atoms with Crippen molar-refractivity contribution in [3.63, 3.8) is 0 Å². The van der Waals surface area contributed by atoms with Gasteiger partial charge in [0.2, 0.25) is 0 Å². The molecule has 0 aliphatic heterocycles.